The maximum Gasteiger partial charge on any atom is 0.320 e. The van der Waals surface area contributed by atoms with Gasteiger partial charge in [0.25, 0.3) is 5.91 Å². The summed E-state index contributed by atoms with van der Waals surface area (Å²) < 4.78 is 0. The quantitative estimate of drug-likeness (QED) is 0.494. The van der Waals surface area contributed by atoms with Crippen LogP contribution in [0, 0.1) is 0 Å². The third kappa shape index (κ3) is 5.10. The fourth-order valence-corrected chi connectivity index (χ4v) is 2.37. The summed E-state index contributed by atoms with van der Waals surface area (Å²) in [6.45, 7) is 1.91. The number of Topliss-reactive ketones (excluding diaryl/α,β-unsaturated/α-hetero) is 1. The third-order valence-corrected chi connectivity index (χ3v) is 3.91. The highest BCUT2D eigenvalue weighted by Crippen LogP contribution is 2.16. The number of aliphatic carboxylic acids is 1. The van der Waals surface area contributed by atoms with Gasteiger partial charge < -0.3 is 16.2 Å². The summed E-state index contributed by atoms with van der Waals surface area (Å²) in [7, 11) is 0. The molecule has 0 bridgehead atoms. The Bertz CT molecular complexity index is 498. The highest BCUT2D eigenvalue weighted by atomic mass is 32.1. The molecule has 0 aliphatic rings. The second-order valence-corrected chi connectivity index (χ2v) is 5.50. The predicted molar refractivity (Wildman–Crippen MR) is 76.1 cm³/mol. The molecule has 1 aromatic rings. The van der Waals surface area contributed by atoms with E-state index in [1.54, 1.807) is 12.1 Å². The van der Waals surface area contributed by atoms with Crippen molar-refractivity contribution in [2.45, 2.75) is 32.2 Å². The van der Waals surface area contributed by atoms with Crippen molar-refractivity contribution in [2.75, 3.05) is 6.54 Å². The fraction of sp³-hybridized carbons (Fsp3) is 0.462. The van der Waals surface area contributed by atoms with E-state index >= 15 is 0 Å². The Morgan fingerprint density at radius 1 is 1.30 bits per heavy atom. The molecule has 1 rings (SSSR count). The van der Waals surface area contributed by atoms with Crippen molar-refractivity contribution >= 4 is 29.0 Å². The van der Waals surface area contributed by atoms with E-state index in [4.69, 9.17) is 10.8 Å². The minimum Gasteiger partial charge on any atom is -0.480 e. The lowest BCUT2D eigenvalue weighted by atomic mass is 10.1. The Morgan fingerprint density at radius 3 is 2.50 bits per heavy atom. The molecule has 1 unspecified atom stereocenters. The average Bonchev–Trinajstić information content (AvgIpc) is 2.87. The van der Waals surface area contributed by atoms with Gasteiger partial charge in [-0.15, -0.1) is 11.3 Å². The van der Waals surface area contributed by atoms with Crippen molar-refractivity contribution in [2.24, 2.45) is 5.73 Å². The van der Waals surface area contributed by atoms with Crippen LogP contribution in [-0.2, 0) is 4.79 Å². The lowest BCUT2D eigenvalue weighted by Gasteiger charge is -2.06. The molecule has 0 fully saturated rings. The van der Waals surface area contributed by atoms with E-state index in [-0.39, 0.29) is 11.7 Å². The molecule has 0 saturated carbocycles. The Labute approximate surface area is 121 Å². The highest BCUT2D eigenvalue weighted by Gasteiger charge is 2.12. The van der Waals surface area contributed by atoms with Crippen molar-refractivity contribution in [3.8, 4) is 0 Å². The van der Waals surface area contributed by atoms with Crippen LogP contribution >= 0.6 is 11.3 Å². The van der Waals surface area contributed by atoms with E-state index in [1.807, 2.05) is 0 Å². The molecule has 1 heterocycles. The van der Waals surface area contributed by atoms with Crippen LogP contribution in [0.3, 0.4) is 0 Å². The second-order valence-electron chi connectivity index (χ2n) is 4.42. The molecule has 0 radical (unpaired) electrons. The van der Waals surface area contributed by atoms with Crippen molar-refractivity contribution in [3.63, 3.8) is 0 Å². The molecular formula is C13H18N2O4S. The van der Waals surface area contributed by atoms with Gasteiger partial charge in [-0.05, 0) is 38.3 Å². The monoisotopic (exact) mass is 298 g/mol. The van der Waals surface area contributed by atoms with Gasteiger partial charge in [0.1, 0.15) is 6.04 Å². The van der Waals surface area contributed by atoms with Crippen LogP contribution in [0.25, 0.3) is 0 Å². The maximum absolute atomic E-state index is 11.8. The van der Waals surface area contributed by atoms with Crippen molar-refractivity contribution in [3.05, 3.63) is 21.9 Å². The molecule has 1 atom stereocenters. The number of carboxylic acid groups (broad SMARTS) is 1. The van der Waals surface area contributed by atoms with E-state index < -0.39 is 12.0 Å². The van der Waals surface area contributed by atoms with Gasteiger partial charge in [0.15, 0.2) is 5.78 Å². The lowest BCUT2D eigenvalue weighted by Crippen LogP contribution is -2.30. The minimum atomic E-state index is -1.01. The number of nitrogens with one attached hydrogen (secondary N) is 1. The van der Waals surface area contributed by atoms with Crippen molar-refractivity contribution < 1.29 is 19.5 Å². The van der Waals surface area contributed by atoms with E-state index in [2.05, 4.69) is 5.32 Å². The Kier molecular flexibility index (Phi) is 6.33. The van der Waals surface area contributed by atoms with Gasteiger partial charge in [-0.3, -0.25) is 14.4 Å². The molecule has 7 heteroatoms. The number of rotatable bonds is 8. The summed E-state index contributed by atoms with van der Waals surface area (Å²) in [5.74, 6) is -1.29. The first-order valence-corrected chi connectivity index (χ1v) is 7.11. The van der Waals surface area contributed by atoms with Crippen LogP contribution < -0.4 is 11.1 Å². The number of carbonyl (C=O) groups is 3. The van der Waals surface area contributed by atoms with Gasteiger partial charge in [0.05, 0.1) is 9.75 Å². The third-order valence-electron chi connectivity index (χ3n) is 2.72. The maximum atomic E-state index is 11.8. The molecule has 4 N–H and O–H groups in total. The largest absolute Gasteiger partial charge is 0.480 e. The lowest BCUT2D eigenvalue weighted by molar-refractivity contribution is -0.138. The molecule has 20 heavy (non-hydrogen) atoms. The number of unbranched alkanes of at least 4 members (excludes halogenated alkanes) is 1. The summed E-state index contributed by atoms with van der Waals surface area (Å²) >= 11 is 1.16. The molecule has 0 saturated heterocycles. The molecule has 0 aliphatic heterocycles. The zero-order chi connectivity index (χ0) is 15.1. The van der Waals surface area contributed by atoms with Gasteiger partial charge in [-0.2, -0.15) is 0 Å². The van der Waals surface area contributed by atoms with Crippen molar-refractivity contribution in [1.82, 2.24) is 5.32 Å². The van der Waals surface area contributed by atoms with Gasteiger partial charge in [-0.1, -0.05) is 0 Å². The number of hydrogen-bond acceptors (Lipinski definition) is 5. The number of ketones is 1. The van der Waals surface area contributed by atoms with E-state index in [0.717, 1.165) is 11.3 Å². The fourth-order valence-electron chi connectivity index (χ4n) is 1.55. The summed E-state index contributed by atoms with van der Waals surface area (Å²) in [6, 6.07) is 2.41. The first kappa shape index (κ1) is 16.3. The van der Waals surface area contributed by atoms with Crippen LogP contribution in [-0.4, -0.2) is 35.4 Å². The Hall–Kier alpha value is -1.73. The molecule has 0 aromatic carbocycles. The minimum absolute atomic E-state index is 0.0586. The highest BCUT2D eigenvalue weighted by molar-refractivity contribution is 7.15. The van der Waals surface area contributed by atoms with Crippen LogP contribution in [0.1, 0.15) is 45.5 Å². The van der Waals surface area contributed by atoms with Crippen LogP contribution in [0.2, 0.25) is 0 Å². The van der Waals surface area contributed by atoms with Gasteiger partial charge >= 0.3 is 5.97 Å². The zero-order valence-electron chi connectivity index (χ0n) is 11.2. The van der Waals surface area contributed by atoms with Gasteiger partial charge in [-0.25, -0.2) is 0 Å². The summed E-state index contributed by atoms with van der Waals surface area (Å²) in [5, 5.41) is 11.3. The molecule has 0 spiro atoms. The normalized spacial score (nSPS) is 11.9. The smallest absolute Gasteiger partial charge is 0.320 e. The average molecular weight is 298 g/mol. The molecule has 0 aliphatic carbocycles. The SMILES string of the molecule is CC(=O)c1ccc(C(=O)NCCCCC(N)C(=O)O)s1. The van der Waals surface area contributed by atoms with Crippen LogP contribution in [0.15, 0.2) is 12.1 Å². The molecule has 6 nitrogen and oxygen atoms in total. The molecule has 1 amide bonds. The first-order chi connectivity index (χ1) is 9.41. The number of hydrogen-bond donors (Lipinski definition) is 3. The van der Waals surface area contributed by atoms with E-state index in [9.17, 15) is 14.4 Å². The topological polar surface area (TPSA) is 109 Å². The molecule has 1 aromatic heterocycles. The summed E-state index contributed by atoms with van der Waals surface area (Å²) in [5.41, 5.74) is 5.36. The number of thiophene rings is 1. The second kappa shape index (κ2) is 7.76. The van der Waals surface area contributed by atoms with Crippen LogP contribution in [0.5, 0.6) is 0 Å². The van der Waals surface area contributed by atoms with E-state index in [1.165, 1.54) is 6.92 Å². The zero-order valence-corrected chi connectivity index (χ0v) is 12.0. The number of carboxylic acids is 1. The Balaban J connectivity index is 2.26. The van der Waals surface area contributed by atoms with Gasteiger partial charge in [0, 0.05) is 6.54 Å². The number of amides is 1. The molecule has 110 valence electrons. The van der Waals surface area contributed by atoms with Crippen LogP contribution in [0.4, 0.5) is 0 Å². The number of nitrogens with two attached hydrogens (primary N) is 1. The number of carbonyl (C=O) groups excluding carboxylic acids is 2. The summed E-state index contributed by atoms with van der Waals surface area (Å²) in [4.78, 5) is 34.4. The van der Waals surface area contributed by atoms with Crippen molar-refractivity contribution in [1.29, 1.82) is 0 Å². The molecular weight excluding hydrogens is 280 g/mol. The standard InChI is InChI=1S/C13H18N2O4S/c1-8(16)10-5-6-11(20-10)12(17)15-7-3-2-4-9(14)13(18)19/h5-6,9H,2-4,7,14H2,1H3,(H,15,17)(H,18,19). The summed E-state index contributed by atoms with van der Waals surface area (Å²) in [6.07, 6.45) is 1.69. The van der Waals surface area contributed by atoms with E-state index in [0.29, 0.717) is 35.6 Å². The first-order valence-electron chi connectivity index (χ1n) is 6.29. The Morgan fingerprint density at radius 2 is 1.95 bits per heavy atom. The predicted octanol–water partition coefficient (Wildman–Crippen LogP) is 1.26. The van der Waals surface area contributed by atoms with Gasteiger partial charge in [0.2, 0.25) is 0 Å².